The van der Waals surface area contributed by atoms with Gasteiger partial charge in [0.1, 0.15) is 29.1 Å². The monoisotopic (exact) mass is 852 g/mol. The average Bonchev–Trinajstić information content (AvgIpc) is 3.51. The highest BCUT2D eigenvalue weighted by Gasteiger charge is 2.51. The van der Waals surface area contributed by atoms with E-state index in [-0.39, 0.29) is 65.8 Å². The Kier molecular flexibility index (Phi) is 12.1. The number of Topliss-reactive ketones (excluding diaryl/α,β-unsaturated/α-hetero) is 1. The number of fused-ring (bicyclic) bond motifs is 3. The van der Waals surface area contributed by atoms with E-state index in [2.05, 4.69) is 5.32 Å². The van der Waals surface area contributed by atoms with Crippen molar-refractivity contribution in [1.82, 2.24) is 10.2 Å². The van der Waals surface area contributed by atoms with E-state index in [1.807, 2.05) is 0 Å². The molecule has 2 amide bonds. The standard InChI is InChI=1S/C42H48N2O15S/c1-55-25-4-2-3-23-32(25)38(49)35-34(36(23)47)37(48)24-14-42(54,15-26(33(24)39(35)50)59-31-10-9-22(17-57-31)58-29-18-56-12-11-43-29)28(45)19-60-27-13-30(46)44(40(27)51)16-20-5-7-21(8-6-20)41(52)53/h2-4,20-22,26-27,29,31,43,48,50,54H,5-19H2,1H3,(H,52,53)/t20?,21?,22-,26-,27?,29+,31-,42-/m0/s1. The van der Waals surface area contributed by atoms with Gasteiger partial charge in [-0.1, -0.05) is 12.1 Å². The van der Waals surface area contributed by atoms with Gasteiger partial charge in [-0.3, -0.25) is 39.0 Å². The summed E-state index contributed by atoms with van der Waals surface area (Å²) in [4.78, 5) is 81.2. The van der Waals surface area contributed by atoms with Crippen molar-refractivity contribution < 1.29 is 72.9 Å². The molecule has 0 radical (unpaired) electrons. The summed E-state index contributed by atoms with van der Waals surface area (Å²) in [5.41, 5.74) is -3.59. The van der Waals surface area contributed by atoms with Crippen LogP contribution in [-0.2, 0) is 44.5 Å². The molecule has 0 bridgehead atoms. The maximum atomic E-state index is 14.1. The van der Waals surface area contributed by atoms with Gasteiger partial charge in [-0.15, -0.1) is 11.8 Å². The molecule has 5 N–H and O–H groups in total. The zero-order valence-electron chi connectivity index (χ0n) is 33.0. The van der Waals surface area contributed by atoms with Gasteiger partial charge in [0, 0.05) is 55.5 Å². The first-order valence-corrected chi connectivity index (χ1v) is 21.4. The van der Waals surface area contributed by atoms with Crippen LogP contribution in [0.2, 0.25) is 0 Å². The number of carboxylic acids is 1. The first-order chi connectivity index (χ1) is 28.8. The molecule has 322 valence electrons. The Morgan fingerprint density at radius 2 is 1.73 bits per heavy atom. The number of methoxy groups -OCH3 is 1. The Bertz CT molecular complexity index is 2090. The molecule has 1 unspecified atom stereocenters. The van der Waals surface area contributed by atoms with Gasteiger partial charge in [-0.25, -0.2) is 0 Å². The van der Waals surface area contributed by atoms with Crippen molar-refractivity contribution in [2.75, 3.05) is 45.8 Å². The number of hydrogen-bond donors (Lipinski definition) is 5. The third-order valence-electron chi connectivity index (χ3n) is 12.6. The molecule has 0 spiro atoms. The predicted molar refractivity (Wildman–Crippen MR) is 209 cm³/mol. The number of aliphatic carboxylic acids is 1. The van der Waals surface area contributed by atoms with E-state index in [1.165, 1.54) is 30.2 Å². The summed E-state index contributed by atoms with van der Waals surface area (Å²) in [7, 11) is 1.33. The molecular formula is C42H48N2O15S. The molecule has 6 atom stereocenters. The zero-order valence-corrected chi connectivity index (χ0v) is 33.8. The van der Waals surface area contributed by atoms with Crippen molar-refractivity contribution >= 4 is 46.9 Å². The van der Waals surface area contributed by atoms with Gasteiger partial charge in [-0.05, 0) is 44.1 Å². The third-order valence-corrected chi connectivity index (χ3v) is 13.8. The highest BCUT2D eigenvalue weighted by molar-refractivity contribution is 8.01. The van der Waals surface area contributed by atoms with E-state index in [0.717, 1.165) is 11.8 Å². The second-order valence-electron chi connectivity index (χ2n) is 16.4. The predicted octanol–water partition coefficient (Wildman–Crippen LogP) is 2.41. The number of nitrogens with one attached hydrogen (secondary N) is 1. The van der Waals surface area contributed by atoms with Crippen LogP contribution in [0.3, 0.4) is 0 Å². The first kappa shape index (κ1) is 42.3. The van der Waals surface area contributed by atoms with Gasteiger partial charge in [-0.2, -0.15) is 0 Å². The van der Waals surface area contributed by atoms with Gasteiger partial charge in [0.25, 0.3) is 0 Å². The van der Waals surface area contributed by atoms with Crippen LogP contribution in [0.15, 0.2) is 18.2 Å². The third kappa shape index (κ3) is 7.94. The Labute approximate surface area is 349 Å². The number of phenols is 2. The van der Waals surface area contributed by atoms with Crippen molar-refractivity contribution in [3.8, 4) is 17.2 Å². The van der Waals surface area contributed by atoms with Crippen molar-refractivity contribution in [2.45, 2.75) is 93.4 Å². The molecule has 0 aromatic heterocycles. The number of hydrogen-bond acceptors (Lipinski definition) is 16. The number of likely N-dealkylation sites (tertiary alicyclic amines) is 1. The minimum Gasteiger partial charge on any atom is -0.507 e. The average molecular weight is 853 g/mol. The smallest absolute Gasteiger partial charge is 0.306 e. The Hall–Kier alpha value is -4.43. The fraction of sp³-hybridized carbons (Fsp3) is 0.571. The van der Waals surface area contributed by atoms with Gasteiger partial charge in [0.2, 0.25) is 17.6 Å². The quantitative estimate of drug-likeness (QED) is 0.130. The van der Waals surface area contributed by atoms with Crippen LogP contribution >= 0.6 is 11.8 Å². The van der Waals surface area contributed by atoms with E-state index in [1.54, 1.807) is 0 Å². The van der Waals surface area contributed by atoms with E-state index < -0.39 is 106 Å². The number of carbonyl (C=O) groups excluding carboxylic acids is 5. The number of ether oxygens (including phenoxy) is 5. The molecule has 17 nitrogen and oxygen atoms in total. The molecule has 3 aliphatic carbocycles. The maximum Gasteiger partial charge on any atom is 0.306 e. The van der Waals surface area contributed by atoms with Crippen molar-refractivity contribution in [3.63, 3.8) is 0 Å². The summed E-state index contributed by atoms with van der Waals surface area (Å²) >= 11 is 0.910. The summed E-state index contributed by atoms with van der Waals surface area (Å²) in [5, 5.41) is 47.7. The number of phenolic OH excluding ortho intramolecular Hbond substituents is 2. The Morgan fingerprint density at radius 1 is 0.967 bits per heavy atom. The second-order valence-corrected chi connectivity index (χ2v) is 17.6. The lowest BCUT2D eigenvalue weighted by Gasteiger charge is -2.41. The molecule has 2 aromatic carbocycles. The van der Waals surface area contributed by atoms with E-state index in [9.17, 15) is 49.2 Å². The van der Waals surface area contributed by atoms with Gasteiger partial charge in [0.05, 0.1) is 72.7 Å². The molecular weight excluding hydrogens is 805 g/mol. The SMILES string of the molecule is COc1cccc2c1C(=O)c1c(O)c3c(c(O)c1C2=O)C[C@@](O)(C(=O)CSC1CC(=O)N(CC2CCC(C(=O)O)CC2)C1=O)C[C@@H]3O[C@H]1CC[C@H](O[C@@H]2COCCN2)CO1. The number of rotatable bonds is 12. The molecule has 2 aromatic rings. The summed E-state index contributed by atoms with van der Waals surface area (Å²) in [6, 6.07) is 4.40. The first-order valence-electron chi connectivity index (χ1n) is 20.3. The zero-order chi connectivity index (χ0) is 42.5. The van der Waals surface area contributed by atoms with Crippen LogP contribution in [-0.4, -0.2) is 136 Å². The molecule has 3 heterocycles. The number of nitrogens with zero attached hydrogens (tertiary/aromatic N) is 1. The van der Waals surface area contributed by atoms with Gasteiger partial charge in [0.15, 0.2) is 17.9 Å². The number of aromatic hydroxyl groups is 2. The van der Waals surface area contributed by atoms with Crippen LogP contribution in [0, 0.1) is 11.8 Å². The van der Waals surface area contributed by atoms with Gasteiger partial charge >= 0.3 is 5.97 Å². The molecule has 6 aliphatic rings. The van der Waals surface area contributed by atoms with Crippen molar-refractivity contribution in [2.24, 2.45) is 11.8 Å². The molecule has 4 fully saturated rings. The number of thioether (sulfide) groups is 1. The molecule has 1 saturated carbocycles. The lowest BCUT2D eigenvalue weighted by atomic mass is 9.72. The van der Waals surface area contributed by atoms with Crippen LogP contribution in [0.25, 0.3) is 0 Å². The van der Waals surface area contributed by atoms with E-state index in [0.29, 0.717) is 58.3 Å². The lowest BCUT2D eigenvalue weighted by Crippen LogP contribution is -2.48. The molecule has 3 saturated heterocycles. The number of ketones is 3. The highest BCUT2D eigenvalue weighted by atomic mass is 32.2. The number of aliphatic hydroxyl groups is 1. The molecule has 60 heavy (non-hydrogen) atoms. The van der Waals surface area contributed by atoms with Crippen LogP contribution in [0.4, 0.5) is 0 Å². The summed E-state index contributed by atoms with van der Waals surface area (Å²) in [6.07, 6.45) is -1.14. The minimum absolute atomic E-state index is 0.0265. The summed E-state index contributed by atoms with van der Waals surface area (Å²) < 4.78 is 29.3. The number of imide groups is 1. The van der Waals surface area contributed by atoms with Crippen LogP contribution in [0.5, 0.6) is 17.2 Å². The normalized spacial score (nSPS) is 30.4. The Balaban J connectivity index is 1.03. The largest absolute Gasteiger partial charge is 0.507 e. The topological polar surface area (TPSA) is 245 Å². The minimum atomic E-state index is -2.26. The highest BCUT2D eigenvalue weighted by Crippen LogP contribution is 2.53. The Morgan fingerprint density at radius 3 is 2.42 bits per heavy atom. The van der Waals surface area contributed by atoms with Crippen molar-refractivity contribution in [1.29, 1.82) is 0 Å². The number of amides is 2. The second kappa shape index (κ2) is 17.1. The van der Waals surface area contributed by atoms with E-state index in [4.69, 9.17) is 23.7 Å². The number of carboxylic acid groups (broad SMARTS) is 1. The lowest BCUT2D eigenvalue weighted by molar-refractivity contribution is -0.233. The number of morpholine rings is 1. The number of carbonyl (C=O) groups is 6. The summed E-state index contributed by atoms with van der Waals surface area (Å²) in [5.74, 6) is -6.11. The molecule has 8 rings (SSSR count). The molecule has 18 heteroatoms. The fourth-order valence-corrected chi connectivity index (χ4v) is 10.5. The summed E-state index contributed by atoms with van der Waals surface area (Å²) in [6.45, 7) is 1.90. The maximum absolute atomic E-state index is 14.1. The van der Waals surface area contributed by atoms with E-state index >= 15 is 0 Å². The van der Waals surface area contributed by atoms with Crippen molar-refractivity contribution in [3.05, 3.63) is 51.6 Å². The number of benzene rings is 2. The molecule has 3 aliphatic heterocycles. The van der Waals surface area contributed by atoms with Crippen LogP contribution < -0.4 is 10.1 Å². The van der Waals surface area contributed by atoms with Gasteiger partial charge < -0.3 is 44.1 Å². The van der Waals surface area contributed by atoms with Crippen LogP contribution in [0.1, 0.15) is 100 Å². The fourth-order valence-electron chi connectivity index (χ4n) is 9.34.